The Hall–Kier alpha value is -2.37. The highest BCUT2D eigenvalue weighted by Gasteiger charge is 2.47. The lowest BCUT2D eigenvalue weighted by atomic mass is 10.0. The first-order valence-corrected chi connectivity index (χ1v) is 10.2. The van der Waals surface area contributed by atoms with Crippen molar-refractivity contribution in [3.8, 4) is 0 Å². The molecule has 0 spiro atoms. The van der Waals surface area contributed by atoms with Crippen LogP contribution in [0.25, 0.3) is 0 Å². The maximum absolute atomic E-state index is 13.2. The fourth-order valence-electron chi connectivity index (χ4n) is 4.74. The fourth-order valence-corrected chi connectivity index (χ4v) is 4.74. The molecule has 1 aliphatic carbocycles. The SMILES string of the molecule is CC(C)(C)OC(=O)N1C[C@H]2CC(C(=O)N3N=CCC3c3ccccc3)C[C@H]2C1. The van der Waals surface area contributed by atoms with E-state index in [-0.39, 0.29) is 24.0 Å². The number of carbonyl (C=O) groups excluding carboxylic acids is 2. The molecule has 2 unspecified atom stereocenters. The highest BCUT2D eigenvalue weighted by Crippen LogP contribution is 2.44. The molecule has 4 rings (SSSR count). The molecule has 6 nitrogen and oxygen atoms in total. The Morgan fingerprint density at radius 2 is 1.71 bits per heavy atom. The first-order valence-electron chi connectivity index (χ1n) is 10.2. The van der Waals surface area contributed by atoms with Gasteiger partial charge in [0.05, 0.1) is 6.04 Å². The first-order chi connectivity index (χ1) is 13.3. The van der Waals surface area contributed by atoms with E-state index in [0.717, 1.165) is 24.8 Å². The van der Waals surface area contributed by atoms with Crippen LogP contribution in [0.15, 0.2) is 35.4 Å². The second kappa shape index (κ2) is 7.22. The van der Waals surface area contributed by atoms with Gasteiger partial charge >= 0.3 is 6.09 Å². The average Bonchev–Trinajstić information content (AvgIpc) is 3.34. The second-order valence-corrected chi connectivity index (χ2v) is 9.22. The van der Waals surface area contributed by atoms with Gasteiger partial charge in [-0.25, -0.2) is 9.80 Å². The molecule has 2 amide bonds. The minimum atomic E-state index is -0.479. The number of amides is 2. The van der Waals surface area contributed by atoms with E-state index in [2.05, 4.69) is 17.2 Å². The number of fused-ring (bicyclic) bond motifs is 1. The van der Waals surface area contributed by atoms with Crippen molar-refractivity contribution in [2.75, 3.05) is 13.1 Å². The summed E-state index contributed by atoms with van der Waals surface area (Å²) < 4.78 is 5.50. The van der Waals surface area contributed by atoms with Crippen molar-refractivity contribution in [1.29, 1.82) is 0 Å². The summed E-state index contributed by atoms with van der Waals surface area (Å²) in [7, 11) is 0. The molecule has 28 heavy (non-hydrogen) atoms. The predicted octanol–water partition coefficient (Wildman–Crippen LogP) is 3.84. The number of nitrogens with zero attached hydrogens (tertiary/aromatic N) is 3. The molecule has 2 heterocycles. The standard InChI is InChI=1S/C22H29N3O3/c1-22(2,3)28-21(27)24-13-17-11-16(12-18(17)14-24)20(26)25-19(9-10-23-25)15-7-5-4-6-8-15/h4-8,10,16-19H,9,11-14H2,1-3H3/t16?,17-,18+,19?. The quantitative estimate of drug-likeness (QED) is 0.779. The van der Waals surface area contributed by atoms with Gasteiger partial charge in [-0.05, 0) is 51.0 Å². The molecule has 1 saturated carbocycles. The molecule has 3 aliphatic rings. The van der Waals surface area contributed by atoms with Gasteiger partial charge in [-0.15, -0.1) is 0 Å². The third-order valence-corrected chi connectivity index (χ3v) is 5.99. The molecule has 1 saturated heterocycles. The van der Waals surface area contributed by atoms with Crippen LogP contribution in [0.1, 0.15) is 51.6 Å². The van der Waals surface area contributed by atoms with E-state index in [1.807, 2.05) is 50.1 Å². The molecule has 0 radical (unpaired) electrons. The number of ether oxygens (including phenoxy) is 1. The van der Waals surface area contributed by atoms with Gasteiger partial charge in [-0.3, -0.25) is 4.79 Å². The van der Waals surface area contributed by atoms with Gasteiger partial charge < -0.3 is 9.64 Å². The van der Waals surface area contributed by atoms with Crippen LogP contribution in [0, 0.1) is 17.8 Å². The maximum atomic E-state index is 13.2. The largest absolute Gasteiger partial charge is 0.444 e. The third-order valence-electron chi connectivity index (χ3n) is 5.99. The van der Waals surface area contributed by atoms with Crippen molar-refractivity contribution in [2.45, 2.75) is 51.7 Å². The van der Waals surface area contributed by atoms with E-state index in [4.69, 9.17) is 4.74 Å². The van der Waals surface area contributed by atoms with E-state index in [9.17, 15) is 9.59 Å². The monoisotopic (exact) mass is 383 g/mol. The van der Waals surface area contributed by atoms with Crippen molar-refractivity contribution < 1.29 is 14.3 Å². The Kier molecular flexibility index (Phi) is 4.89. The van der Waals surface area contributed by atoms with Crippen molar-refractivity contribution >= 4 is 18.2 Å². The number of benzene rings is 1. The van der Waals surface area contributed by atoms with Gasteiger partial charge in [0.1, 0.15) is 5.60 Å². The number of carbonyl (C=O) groups is 2. The van der Waals surface area contributed by atoms with Gasteiger partial charge in [0.25, 0.3) is 0 Å². The summed E-state index contributed by atoms with van der Waals surface area (Å²) in [6.45, 7) is 7.03. The summed E-state index contributed by atoms with van der Waals surface area (Å²) in [4.78, 5) is 27.3. The van der Waals surface area contributed by atoms with Gasteiger partial charge in [-0.2, -0.15) is 5.10 Å². The van der Waals surface area contributed by atoms with E-state index in [0.29, 0.717) is 24.9 Å². The van der Waals surface area contributed by atoms with Crippen molar-refractivity contribution in [3.63, 3.8) is 0 Å². The summed E-state index contributed by atoms with van der Waals surface area (Å²) in [5.41, 5.74) is 0.649. The summed E-state index contributed by atoms with van der Waals surface area (Å²) in [5.74, 6) is 0.879. The van der Waals surface area contributed by atoms with Gasteiger partial charge in [0.15, 0.2) is 0 Å². The molecule has 1 aromatic rings. The average molecular weight is 383 g/mol. The van der Waals surface area contributed by atoms with Crippen LogP contribution < -0.4 is 0 Å². The molecule has 6 heteroatoms. The van der Waals surface area contributed by atoms with Gasteiger partial charge in [-0.1, -0.05) is 30.3 Å². The Labute approximate surface area is 166 Å². The van der Waals surface area contributed by atoms with Crippen LogP contribution in [-0.2, 0) is 9.53 Å². The minimum Gasteiger partial charge on any atom is -0.444 e. The molecule has 150 valence electrons. The Morgan fingerprint density at radius 3 is 2.32 bits per heavy atom. The smallest absolute Gasteiger partial charge is 0.410 e. The molecule has 0 bridgehead atoms. The fraction of sp³-hybridized carbons (Fsp3) is 0.591. The van der Waals surface area contributed by atoms with Crippen molar-refractivity contribution in [1.82, 2.24) is 9.91 Å². The zero-order valence-electron chi connectivity index (χ0n) is 16.9. The molecule has 2 fully saturated rings. The molecule has 1 aromatic carbocycles. The minimum absolute atomic E-state index is 0.00255. The van der Waals surface area contributed by atoms with Crippen LogP contribution in [0.4, 0.5) is 4.79 Å². The lowest BCUT2D eigenvalue weighted by Gasteiger charge is -2.27. The van der Waals surface area contributed by atoms with Gasteiger partial charge in [0.2, 0.25) is 5.91 Å². The Balaban J connectivity index is 1.36. The van der Waals surface area contributed by atoms with E-state index >= 15 is 0 Å². The van der Waals surface area contributed by atoms with Crippen molar-refractivity contribution in [3.05, 3.63) is 35.9 Å². The summed E-state index contributed by atoms with van der Waals surface area (Å²) in [5, 5.41) is 6.08. The Bertz CT molecular complexity index is 757. The zero-order chi connectivity index (χ0) is 19.9. The summed E-state index contributed by atoms with van der Waals surface area (Å²) in [6, 6.07) is 10.1. The van der Waals surface area contributed by atoms with Crippen LogP contribution >= 0.6 is 0 Å². The van der Waals surface area contributed by atoms with Gasteiger partial charge in [0, 0.05) is 31.6 Å². The van der Waals surface area contributed by atoms with Crippen LogP contribution in [0.5, 0.6) is 0 Å². The summed E-state index contributed by atoms with van der Waals surface area (Å²) >= 11 is 0. The highest BCUT2D eigenvalue weighted by atomic mass is 16.6. The molecular formula is C22H29N3O3. The lowest BCUT2D eigenvalue weighted by Crippen LogP contribution is -2.37. The second-order valence-electron chi connectivity index (χ2n) is 9.22. The van der Waals surface area contributed by atoms with E-state index < -0.39 is 5.60 Å². The number of hydrogen-bond donors (Lipinski definition) is 0. The van der Waals surface area contributed by atoms with Crippen LogP contribution in [-0.4, -0.2) is 46.8 Å². The van der Waals surface area contributed by atoms with Crippen molar-refractivity contribution in [2.24, 2.45) is 22.9 Å². The molecular weight excluding hydrogens is 354 g/mol. The Morgan fingerprint density at radius 1 is 1.07 bits per heavy atom. The number of rotatable bonds is 2. The van der Waals surface area contributed by atoms with Crippen LogP contribution in [0.3, 0.4) is 0 Å². The zero-order valence-corrected chi connectivity index (χ0v) is 16.9. The highest BCUT2D eigenvalue weighted by molar-refractivity contribution is 5.82. The molecule has 4 atom stereocenters. The summed E-state index contributed by atoms with van der Waals surface area (Å²) in [6.07, 6.45) is 4.03. The number of hydrogen-bond acceptors (Lipinski definition) is 4. The number of hydrazone groups is 1. The predicted molar refractivity (Wildman–Crippen MR) is 107 cm³/mol. The molecule has 0 aromatic heterocycles. The first kappa shape index (κ1) is 19.0. The molecule has 0 N–H and O–H groups in total. The molecule has 2 aliphatic heterocycles. The van der Waals surface area contributed by atoms with Crippen LogP contribution in [0.2, 0.25) is 0 Å². The number of likely N-dealkylation sites (tertiary alicyclic amines) is 1. The topological polar surface area (TPSA) is 62.2 Å². The van der Waals surface area contributed by atoms with E-state index in [1.165, 1.54) is 0 Å². The normalized spacial score (nSPS) is 29.2. The third kappa shape index (κ3) is 3.77. The maximum Gasteiger partial charge on any atom is 0.410 e. The lowest BCUT2D eigenvalue weighted by molar-refractivity contribution is -0.137. The van der Waals surface area contributed by atoms with E-state index in [1.54, 1.807) is 5.01 Å².